The number of amides is 4. The Bertz CT molecular complexity index is 2160. The Labute approximate surface area is 295 Å². The van der Waals surface area contributed by atoms with E-state index in [1.54, 1.807) is 43.3 Å². The van der Waals surface area contributed by atoms with E-state index in [0.717, 1.165) is 16.1 Å². The van der Waals surface area contributed by atoms with Crippen molar-refractivity contribution in [2.45, 2.75) is 44.9 Å². The van der Waals surface area contributed by atoms with Crippen molar-refractivity contribution in [2.24, 2.45) is 23.7 Å². The molecule has 2 aliphatic carbocycles. The maximum absolute atomic E-state index is 15.2. The molecule has 1 saturated carbocycles. The molecular weight excluding hydrogens is 642 g/mol. The number of nitrogens with zero attached hydrogens (tertiary/aromatic N) is 2. The van der Waals surface area contributed by atoms with E-state index in [1.165, 1.54) is 11.8 Å². The van der Waals surface area contributed by atoms with Crippen molar-refractivity contribution in [3.63, 3.8) is 0 Å². The van der Waals surface area contributed by atoms with Crippen molar-refractivity contribution < 1.29 is 29.1 Å². The van der Waals surface area contributed by atoms with Crippen molar-refractivity contribution in [3.05, 3.63) is 137 Å². The van der Waals surface area contributed by atoms with Crippen molar-refractivity contribution in [2.75, 3.05) is 10.3 Å². The molecule has 51 heavy (non-hydrogen) atoms. The van der Waals surface area contributed by atoms with Gasteiger partial charge in [-0.25, -0.2) is 0 Å². The van der Waals surface area contributed by atoms with Crippen molar-refractivity contribution >= 4 is 40.8 Å². The summed E-state index contributed by atoms with van der Waals surface area (Å²) in [7, 11) is 0. The molecule has 2 saturated heterocycles. The lowest BCUT2D eigenvalue weighted by Gasteiger charge is -2.50. The van der Waals surface area contributed by atoms with Gasteiger partial charge in [-0.05, 0) is 87.1 Å². The first-order valence-corrected chi connectivity index (χ1v) is 17.3. The number of benzene rings is 4. The highest BCUT2D eigenvalue weighted by Gasteiger charge is 2.70. The summed E-state index contributed by atoms with van der Waals surface area (Å²) >= 11 is 0. The van der Waals surface area contributed by atoms with Crippen LogP contribution < -0.4 is 10.3 Å². The average molecular weight is 680 g/mol. The van der Waals surface area contributed by atoms with Gasteiger partial charge in [0.2, 0.25) is 11.8 Å². The maximum Gasteiger partial charge on any atom is 0.260 e. The molecule has 256 valence electrons. The molecule has 0 bridgehead atoms. The number of carbonyl (C=O) groups excluding carboxylic acids is 5. The second-order valence-electron chi connectivity index (χ2n) is 14.2. The third-order valence-corrected chi connectivity index (χ3v) is 11.5. The van der Waals surface area contributed by atoms with Crippen molar-refractivity contribution in [1.29, 1.82) is 0 Å². The summed E-state index contributed by atoms with van der Waals surface area (Å²) in [5.74, 6) is -5.45. The summed E-state index contributed by atoms with van der Waals surface area (Å²) in [5.41, 5.74) is 6.58. The van der Waals surface area contributed by atoms with Crippen LogP contribution in [0.3, 0.4) is 0 Å². The van der Waals surface area contributed by atoms with Crippen LogP contribution in [0.25, 0.3) is 0 Å². The lowest BCUT2D eigenvalue weighted by Crippen LogP contribution is -2.53. The van der Waals surface area contributed by atoms with E-state index in [-0.39, 0.29) is 36.2 Å². The number of allylic oxidation sites excluding steroid dienone is 2. The molecule has 6 atom stereocenters. The molecule has 2 aliphatic heterocycles. The average Bonchev–Trinajstić information content (AvgIpc) is 3.51. The molecule has 0 spiro atoms. The highest BCUT2D eigenvalue weighted by Crippen LogP contribution is 2.65. The third kappa shape index (κ3) is 4.71. The fraction of sp³-hybridized carbons (Fsp3) is 0.262. The van der Waals surface area contributed by atoms with Crippen LogP contribution in [0.1, 0.15) is 58.3 Å². The second-order valence-corrected chi connectivity index (χ2v) is 14.2. The molecule has 2 heterocycles. The van der Waals surface area contributed by atoms with Gasteiger partial charge in [0, 0.05) is 17.0 Å². The molecule has 4 aromatic carbocycles. The molecule has 9 heteroatoms. The molecule has 9 nitrogen and oxygen atoms in total. The van der Waals surface area contributed by atoms with Crippen LogP contribution >= 0.6 is 0 Å². The van der Waals surface area contributed by atoms with Crippen molar-refractivity contribution in [3.8, 4) is 5.75 Å². The molecule has 6 unspecified atom stereocenters. The van der Waals surface area contributed by atoms with Gasteiger partial charge in [0.25, 0.3) is 11.8 Å². The van der Waals surface area contributed by atoms with Crippen molar-refractivity contribution in [1.82, 2.24) is 5.01 Å². The number of carbonyl (C=O) groups is 5. The predicted octanol–water partition coefficient (Wildman–Crippen LogP) is 6.40. The minimum Gasteiger partial charge on any atom is -0.507 e. The van der Waals surface area contributed by atoms with Gasteiger partial charge < -0.3 is 5.11 Å². The number of Topliss-reactive ketones (excluding diaryl/α,β-unsaturated/α-hetero) is 1. The number of hydrogen-bond acceptors (Lipinski definition) is 7. The Morgan fingerprint density at radius 3 is 2.20 bits per heavy atom. The number of para-hydroxylation sites is 1. The first-order valence-electron chi connectivity index (χ1n) is 17.3. The van der Waals surface area contributed by atoms with E-state index in [2.05, 4.69) is 5.43 Å². The van der Waals surface area contributed by atoms with Crippen LogP contribution in [0.15, 0.2) is 109 Å². The number of nitrogens with one attached hydrogen (secondary N) is 1. The zero-order valence-electron chi connectivity index (χ0n) is 28.5. The number of phenolic OH excluding ortho intramolecular Hbond substituents is 1. The zero-order valence-corrected chi connectivity index (χ0v) is 28.5. The fourth-order valence-corrected chi connectivity index (χ4v) is 9.11. The minimum absolute atomic E-state index is 0.0198. The lowest BCUT2D eigenvalue weighted by molar-refractivity contribution is -0.138. The molecule has 2 N–H and O–H groups in total. The third-order valence-electron chi connectivity index (χ3n) is 11.5. The molecule has 4 aliphatic rings. The van der Waals surface area contributed by atoms with E-state index >= 15 is 4.79 Å². The zero-order chi connectivity index (χ0) is 35.8. The normalized spacial score (nSPS) is 26.8. The fourth-order valence-electron chi connectivity index (χ4n) is 9.11. The van der Waals surface area contributed by atoms with Crippen LogP contribution in [0.2, 0.25) is 0 Å². The quantitative estimate of drug-likeness (QED) is 0.137. The van der Waals surface area contributed by atoms with Crippen LogP contribution in [0, 0.1) is 37.5 Å². The van der Waals surface area contributed by atoms with E-state index in [9.17, 15) is 24.3 Å². The number of hydrogen-bond donors (Lipinski definition) is 2. The number of ketones is 1. The smallest absolute Gasteiger partial charge is 0.260 e. The largest absolute Gasteiger partial charge is 0.507 e. The summed E-state index contributed by atoms with van der Waals surface area (Å²) in [6, 6.07) is 28.5. The highest BCUT2D eigenvalue weighted by atomic mass is 16.3. The Morgan fingerprint density at radius 2 is 1.51 bits per heavy atom. The van der Waals surface area contributed by atoms with E-state index < -0.39 is 46.8 Å². The summed E-state index contributed by atoms with van der Waals surface area (Å²) in [4.78, 5) is 71.7. The number of fused-ring (bicyclic) bond motifs is 4. The number of aromatic hydroxyl groups is 1. The SMILES string of the molecule is CC(=O)c1ccc(N2C(=O)C3CC=C4C(CC5C(=O)N(Nc6ccc(C)cc6)C(=O)C5(c5ccccc5)C4c4cccc(C)c4O)C3C2=O)cc1. The number of aryl methyl sites for hydroxylation is 2. The Kier molecular flexibility index (Phi) is 7.56. The van der Waals surface area contributed by atoms with E-state index in [0.29, 0.717) is 33.6 Å². The minimum atomic E-state index is -1.47. The topological polar surface area (TPSA) is 124 Å². The summed E-state index contributed by atoms with van der Waals surface area (Å²) < 4.78 is 0. The monoisotopic (exact) mass is 679 g/mol. The molecule has 8 rings (SSSR count). The molecular formula is C42H37N3O6. The maximum atomic E-state index is 15.2. The molecule has 0 aromatic heterocycles. The standard InChI is InChI=1S/C42H37N3O6/c1-23-12-16-28(17-13-23)43-45-39(49)34-22-33-30(20-21-31-35(33)40(50)44(38(31)48)29-18-14-26(15-19-29)25(3)46)36(32-11-7-8-24(2)37(32)47)42(34,41(45)51)27-9-5-4-6-10-27/h4-20,31,33-36,43,47H,21-22H2,1-3H3. The van der Waals surface area contributed by atoms with E-state index in [1.807, 2.05) is 73.7 Å². The summed E-state index contributed by atoms with van der Waals surface area (Å²) in [6.45, 7) is 5.20. The van der Waals surface area contributed by atoms with Gasteiger partial charge in [0.1, 0.15) is 5.75 Å². The highest BCUT2D eigenvalue weighted by molar-refractivity contribution is 6.22. The van der Waals surface area contributed by atoms with Crippen LogP contribution in [0.5, 0.6) is 5.75 Å². The predicted molar refractivity (Wildman–Crippen MR) is 191 cm³/mol. The number of rotatable bonds is 6. The number of phenols is 1. The Hall–Kier alpha value is -5.83. The van der Waals surface area contributed by atoms with Gasteiger partial charge in [-0.2, -0.15) is 5.01 Å². The van der Waals surface area contributed by atoms with E-state index in [4.69, 9.17) is 0 Å². The van der Waals surface area contributed by atoms with Gasteiger partial charge in [0.15, 0.2) is 5.78 Å². The Balaban J connectivity index is 1.30. The number of imide groups is 2. The molecule has 0 radical (unpaired) electrons. The van der Waals surface area contributed by atoms with Gasteiger partial charge in [-0.3, -0.25) is 34.3 Å². The van der Waals surface area contributed by atoms with Gasteiger partial charge in [-0.15, -0.1) is 0 Å². The van der Waals surface area contributed by atoms with Crippen LogP contribution in [-0.4, -0.2) is 39.5 Å². The molecule has 3 fully saturated rings. The number of anilines is 2. The first-order chi connectivity index (χ1) is 24.5. The number of hydrazine groups is 1. The van der Waals surface area contributed by atoms with Crippen LogP contribution in [-0.2, 0) is 24.6 Å². The molecule has 4 aromatic rings. The lowest BCUT2D eigenvalue weighted by atomic mass is 9.49. The van der Waals surface area contributed by atoms with Gasteiger partial charge >= 0.3 is 0 Å². The Morgan fingerprint density at radius 1 is 0.804 bits per heavy atom. The summed E-state index contributed by atoms with van der Waals surface area (Å²) in [6.07, 6.45) is 2.38. The molecule has 4 amide bonds. The van der Waals surface area contributed by atoms with Crippen LogP contribution in [0.4, 0.5) is 11.4 Å². The second kappa shape index (κ2) is 11.9. The summed E-state index contributed by atoms with van der Waals surface area (Å²) in [5, 5.41) is 12.8. The first kappa shape index (κ1) is 32.4. The van der Waals surface area contributed by atoms with Gasteiger partial charge in [-0.1, -0.05) is 77.9 Å². The van der Waals surface area contributed by atoms with Gasteiger partial charge in [0.05, 0.1) is 34.5 Å².